The molecule has 0 fully saturated rings. The second-order valence-corrected chi connectivity index (χ2v) is 7.04. The third-order valence-corrected chi connectivity index (χ3v) is 4.17. The van der Waals surface area contributed by atoms with Crippen LogP contribution in [0.3, 0.4) is 0 Å². The van der Waals surface area contributed by atoms with E-state index < -0.39 is 18.4 Å². The van der Waals surface area contributed by atoms with E-state index in [0.29, 0.717) is 18.7 Å². The zero-order chi connectivity index (χ0) is 21.5. The van der Waals surface area contributed by atoms with E-state index in [2.05, 4.69) is 38.2 Å². The Kier molecular flexibility index (Phi) is 12.2. The van der Waals surface area contributed by atoms with Gasteiger partial charge in [0.05, 0.1) is 5.92 Å². The van der Waals surface area contributed by atoms with Crippen molar-refractivity contribution in [1.82, 2.24) is 4.90 Å². The molecule has 0 bridgehead atoms. The monoisotopic (exact) mass is 401 g/mol. The molecule has 1 amide bonds. The summed E-state index contributed by atoms with van der Waals surface area (Å²) in [4.78, 5) is 26.7. The van der Waals surface area contributed by atoms with E-state index in [0.717, 1.165) is 25.7 Å². The average Bonchev–Trinajstić information content (AvgIpc) is 2.72. The van der Waals surface area contributed by atoms with Gasteiger partial charge in [-0.2, -0.15) is 0 Å². The molecule has 5 nitrogen and oxygen atoms in total. The summed E-state index contributed by atoms with van der Waals surface area (Å²) in [5.74, 6) is -0.718. The molecule has 0 saturated heterocycles. The lowest BCUT2D eigenvalue weighted by molar-refractivity contribution is -0.174. The summed E-state index contributed by atoms with van der Waals surface area (Å²) in [7, 11) is 0. The summed E-state index contributed by atoms with van der Waals surface area (Å²) in [5.41, 5.74) is 0.631. The van der Waals surface area contributed by atoms with Crippen LogP contribution in [0.5, 0.6) is 0 Å². The Morgan fingerprint density at radius 3 is 1.93 bits per heavy atom. The minimum absolute atomic E-state index is 0.311. The Bertz CT molecular complexity index is 634. The molecular formula is C24H35NO4. The van der Waals surface area contributed by atoms with Crippen molar-refractivity contribution in [2.45, 2.75) is 59.7 Å². The Morgan fingerprint density at radius 1 is 0.897 bits per heavy atom. The number of carbonyl (C=O) groups excluding carboxylic acids is 2. The van der Waals surface area contributed by atoms with Gasteiger partial charge in [0, 0.05) is 18.7 Å². The van der Waals surface area contributed by atoms with E-state index in [1.165, 1.54) is 0 Å². The van der Waals surface area contributed by atoms with Crippen molar-refractivity contribution in [2.75, 3.05) is 13.1 Å². The number of allylic oxidation sites excluding steroid dienone is 2. The molecule has 0 aromatic heterocycles. The smallest absolute Gasteiger partial charge is 0.413 e. The minimum atomic E-state index is -1.06. The number of nitrogens with zero attached hydrogens (tertiary/aromatic N) is 1. The summed E-state index contributed by atoms with van der Waals surface area (Å²) in [6, 6.07) is 9.07. The van der Waals surface area contributed by atoms with E-state index in [4.69, 9.17) is 9.47 Å². The van der Waals surface area contributed by atoms with E-state index in [9.17, 15) is 9.59 Å². The molecule has 0 heterocycles. The minimum Gasteiger partial charge on any atom is -0.420 e. The molecule has 29 heavy (non-hydrogen) atoms. The molecule has 0 spiro atoms. The first-order valence-corrected chi connectivity index (χ1v) is 10.5. The quantitative estimate of drug-likeness (QED) is 0.243. The highest BCUT2D eigenvalue weighted by Gasteiger charge is 2.25. The van der Waals surface area contributed by atoms with Crippen LogP contribution in [0.2, 0.25) is 0 Å². The largest absolute Gasteiger partial charge is 0.420 e. The summed E-state index contributed by atoms with van der Waals surface area (Å²) in [6.07, 6.45) is 10.2. The third kappa shape index (κ3) is 9.97. The predicted octanol–water partition coefficient (Wildman–Crippen LogP) is 6.04. The Labute approximate surface area is 175 Å². The molecule has 0 radical (unpaired) electrons. The van der Waals surface area contributed by atoms with Gasteiger partial charge in [-0.25, -0.2) is 4.79 Å². The molecule has 5 heteroatoms. The van der Waals surface area contributed by atoms with Crippen LogP contribution in [0.4, 0.5) is 4.79 Å². The lowest BCUT2D eigenvalue weighted by Crippen LogP contribution is -2.35. The Hall–Kier alpha value is -2.56. The molecule has 160 valence electrons. The number of benzene rings is 1. The average molecular weight is 402 g/mol. The maximum atomic E-state index is 12.9. The second kappa shape index (κ2) is 14.4. The molecule has 1 rings (SSSR count). The molecule has 0 aliphatic heterocycles. The SMILES string of the molecule is CC/C=C/CCN(CC/C=C/CC)C(=O)OC(OC(=O)C(C)C)c1ccccc1. The standard InChI is InChI=1S/C24H35NO4/c1-5-7-9-14-18-25(19-15-10-8-6-2)24(27)29-23(28-22(26)20(3)4)21-16-12-11-13-17-21/h7-13,16-17,20,23H,5-6,14-15,18-19H2,1-4H3/b9-7+,10-8+. The lowest BCUT2D eigenvalue weighted by atomic mass is 10.2. The normalized spacial score (nSPS) is 12.4. The summed E-state index contributed by atoms with van der Waals surface area (Å²) < 4.78 is 11.1. The number of rotatable bonds is 12. The van der Waals surface area contributed by atoms with Crippen LogP contribution in [-0.2, 0) is 14.3 Å². The highest BCUT2D eigenvalue weighted by atomic mass is 16.7. The van der Waals surface area contributed by atoms with Gasteiger partial charge in [-0.05, 0) is 25.7 Å². The molecular weight excluding hydrogens is 366 g/mol. The number of carbonyl (C=O) groups is 2. The molecule has 1 unspecified atom stereocenters. The topological polar surface area (TPSA) is 55.8 Å². The zero-order valence-corrected chi connectivity index (χ0v) is 18.2. The van der Waals surface area contributed by atoms with Gasteiger partial charge in [-0.15, -0.1) is 0 Å². The van der Waals surface area contributed by atoms with Crippen molar-refractivity contribution in [3.63, 3.8) is 0 Å². The zero-order valence-electron chi connectivity index (χ0n) is 18.2. The molecule has 0 N–H and O–H groups in total. The molecule has 1 aromatic carbocycles. The highest BCUT2D eigenvalue weighted by Crippen LogP contribution is 2.22. The Morgan fingerprint density at radius 2 is 1.45 bits per heavy atom. The van der Waals surface area contributed by atoms with Crippen molar-refractivity contribution in [3.05, 3.63) is 60.2 Å². The van der Waals surface area contributed by atoms with Gasteiger partial charge in [0.25, 0.3) is 6.29 Å². The summed E-state index contributed by atoms with van der Waals surface area (Å²) in [5, 5.41) is 0. The first-order chi connectivity index (χ1) is 14.0. The van der Waals surface area contributed by atoms with Gasteiger partial charge in [0.15, 0.2) is 0 Å². The second-order valence-electron chi connectivity index (χ2n) is 7.04. The first kappa shape index (κ1) is 24.5. The third-order valence-electron chi connectivity index (χ3n) is 4.17. The van der Waals surface area contributed by atoms with Crippen LogP contribution in [0.15, 0.2) is 54.6 Å². The van der Waals surface area contributed by atoms with E-state index >= 15 is 0 Å². The van der Waals surface area contributed by atoms with Crippen LogP contribution in [-0.4, -0.2) is 30.1 Å². The Balaban J connectivity index is 2.88. The van der Waals surface area contributed by atoms with Gasteiger partial charge in [-0.3, -0.25) is 4.79 Å². The van der Waals surface area contributed by atoms with Crippen LogP contribution in [0, 0.1) is 5.92 Å². The molecule has 0 aliphatic rings. The fourth-order valence-corrected chi connectivity index (χ4v) is 2.50. The van der Waals surface area contributed by atoms with E-state index in [-0.39, 0.29) is 5.92 Å². The summed E-state index contributed by atoms with van der Waals surface area (Å²) >= 11 is 0. The van der Waals surface area contributed by atoms with Crippen molar-refractivity contribution < 1.29 is 19.1 Å². The van der Waals surface area contributed by atoms with Crippen molar-refractivity contribution >= 4 is 12.1 Å². The molecule has 0 saturated carbocycles. The summed E-state index contributed by atoms with van der Waals surface area (Å²) in [6.45, 7) is 8.75. The maximum Gasteiger partial charge on any atom is 0.413 e. The first-order valence-electron chi connectivity index (χ1n) is 10.5. The maximum absolute atomic E-state index is 12.9. The highest BCUT2D eigenvalue weighted by molar-refractivity contribution is 5.72. The van der Waals surface area contributed by atoms with Gasteiger partial charge in [0.1, 0.15) is 0 Å². The van der Waals surface area contributed by atoms with Crippen LogP contribution in [0.25, 0.3) is 0 Å². The fraction of sp³-hybridized carbons (Fsp3) is 0.500. The van der Waals surface area contributed by atoms with Crippen molar-refractivity contribution in [1.29, 1.82) is 0 Å². The molecule has 1 aromatic rings. The van der Waals surface area contributed by atoms with E-state index in [1.807, 2.05) is 18.2 Å². The van der Waals surface area contributed by atoms with Crippen LogP contribution < -0.4 is 0 Å². The van der Waals surface area contributed by atoms with Gasteiger partial charge in [-0.1, -0.05) is 82.3 Å². The number of hydrogen-bond donors (Lipinski definition) is 0. The molecule has 0 aliphatic carbocycles. The van der Waals surface area contributed by atoms with Gasteiger partial charge >= 0.3 is 12.1 Å². The van der Waals surface area contributed by atoms with Gasteiger partial charge < -0.3 is 14.4 Å². The van der Waals surface area contributed by atoms with Crippen LogP contribution in [0.1, 0.15) is 65.2 Å². The van der Waals surface area contributed by atoms with Crippen molar-refractivity contribution in [3.8, 4) is 0 Å². The lowest BCUT2D eigenvalue weighted by Gasteiger charge is -2.25. The molecule has 1 atom stereocenters. The number of hydrogen-bond acceptors (Lipinski definition) is 4. The number of esters is 1. The fourth-order valence-electron chi connectivity index (χ4n) is 2.50. The number of ether oxygens (including phenoxy) is 2. The predicted molar refractivity (Wildman–Crippen MR) is 116 cm³/mol. The van der Waals surface area contributed by atoms with Crippen LogP contribution >= 0.6 is 0 Å². The van der Waals surface area contributed by atoms with Crippen molar-refractivity contribution in [2.24, 2.45) is 5.92 Å². The van der Waals surface area contributed by atoms with Gasteiger partial charge in [0.2, 0.25) is 0 Å². The van der Waals surface area contributed by atoms with E-state index in [1.54, 1.807) is 30.9 Å². The number of amides is 1.